The number of aryl methyl sites for hydroxylation is 1. The Balaban J connectivity index is 2.51. The summed E-state index contributed by atoms with van der Waals surface area (Å²) in [4.78, 5) is 0. The molecule has 0 saturated carbocycles. The van der Waals surface area contributed by atoms with Gasteiger partial charge in [0, 0.05) is 5.39 Å². The first-order valence-electron chi connectivity index (χ1n) is 5.27. The van der Waals surface area contributed by atoms with Gasteiger partial charge < -0.3 is 0 Å². The topological polar surface area (TPSA) is 0 Å². The second-order valence-electron chi connectivity index (χ2n) is 3.70. The summed E-state index contributed by atoms with van der Waals surface area (Å²) in [5, 5.41) is 1.77. The lowest BCUT2D eigenvalue weighted by Gasteiger charge is -2.06. The molecule has 1 radical (unpaired) electrons. The van der Waals surface area contributed by atoms with Crippen molar-refractivity contribution in [3.05, 3.63) is 54.2 Å². The number of unbranched alkanes of at least 4 members (excludes halogenated alkanes) is 1. The summed E-state index contributed by atoms with van der Waals surface area (Å²) in [7, 11) is 0. The van der Waals surface area contributed by atoms with Crippen LogP contribution < -0.4 is 0 Å². The minimum atomic E-state index is -0.130. The van der Waals surface area contributed by atoms with Crippen LogP contribution in [0.5, 0.6) is 0 Å². The van der Waals surface area contributed by atoms with Crippen LogP contribution in [0, 0.1) is 12.2 Å². The van der Waals surface area contributed by atoms with Crippen molar-refractivity contribution in [3.63, 3.8) is 0 Å². The van der Waals surface area contributed by atoms with E-state index in [2.05, 4.69) is 6.42 Å². The fourth-order valence-electron chi connectivity index (χ4n) is 1.84. The van der Waals surface area contributed by atoms with Crippen LogP contribution in [-0.2, 0) is 6.42 Å². The predicted molar refractivity (Wildman–Crippen MR) is 62.2 cm³/mol. The van der Waals surface area contributed by atoms with Crippen LogP contribution in [0.15, 0.2) is 36.4 Å². The second-order valence-corrected chi connectivity index (χ2v) is 3.70. The van der Waals surface area contributed by atoms with E-state index in [1.54, 1.807) is 6.07 Å². The molecule has 2 rings (SSSR count). The molecule has 0 spiro atoms. The summed E-state index contributed by atoms with van der Waals surface area (Å²) >= 11 is 0. The SMILES string of the molecule is C[CH]CCc1ccc(F)c2ccccc12. The summed E-state index contributed by atoms with van der Waals surface area (Å²) in [5.74, 6) is -0.130. The van der Waals surface area contributed by atoms with Crippen LogP contribution >= 0.6 is 0 Å². The first kappa shape index (κ1) is 10.2. The average molecular weight is 201 g/mol. The van der Waals surface area contributed by atoms with Crippen LogP contribution in [0.2, 0.25) is 0 Å². The van der Waals surface area contributed by atoms with Gasteiger partial charge in [0.2, 0.25) is 0 Å². The summed E-state index contributed by atoms with van der Waals surface area (Å²) in [6, 6.07) is 11.1. The van der Waals surface area contributed by atoms with Crippen LogP contribution in [0.4, 0.5) is 4.39 Å². The van der Waals surface area contributed by atoms with E-state index in [0.717, 1.165) is 23.6 Å². The third kappa shape index (κ3) is 2.01. The van der Waals surface area contributed by atoms with Crippen LogP contribution in [0.1, 0.15) is 18.9 Å². The lowest BCUT2D eigenvalue weighted by Crippen LogP contribution is -1.89. The van der Waals surface area contributed by atoms with Crippen molar-refractivity contribution < 1.29 is 4.39 Å². The Morgan fingerprint density at radius 2 is 1.80 bits per heavy atom. The molecule has 0 atom stereocenters. The molecule has 0 aliphatic carbocycles. The van der Waals surface area contributed by atoms with E-state index in [1.807, 2.05) is 37.3 Å². The number of fused-ring (bicyclic) bond motifs is 1. The Morgan fingerprint density at radius 3 is 2.53 bits per heavy atom. The normalized spacial score (nSPS) is 10.8. The molecule has 0 aliphatic rings. The van der Waals surface area contributed by atoms with E-state index in [4.69, 9.17) is 0 Å². The molecular formula is C14H14F. The van der Waals surface area contributed by atoms with Crippen molar-refractivity contribution in [2.75, 3.05) is 0 Å². The zero-order chi connectivity index (χ0) is 10.7. The van der Waals surface area contributed by atoms with E-state index in [-0.39, 0.29) is 5.82 Å². The molecule has 2 aromatic carbocycles. The third-order valence-electron chi connectivity index (χ3n) is 2.66. The van der Waals surface area contributed by atoms with Crippen molar-refractivity contribution in [2.24, 2.45) is 0 Å². The molecular weight excluding hydrogens is 187 g/mol. The highest BCUT2D eigenvalue weighted by molar-refractivity contribution is 5.86. The Hall–Kier alpha value is -1.37. The second kappa shape index (κ2) is 4.43. The maximum atomic E-state index is 13.5. The van der Waals surface area contributed by atoms with E-state index >= 15 is 0 Å². The zero-order valence-corrected chi connectivity index (χ0v) is 8.83. The van der Waals surface area contributed by atoms with Gasteiger partial charge in [0.15, 0.2) is 0 Å². The minimum absolute atomic E-state index is 0.130. The van der Waals surface area contributed by atoms with Crippen LogP contribution in [0.3, 0.4) is 0 Å². The largest absolute Gasteiger partial charge is 0.206 e. The summed E-state index contributed by atoms with van der Waals surface area (Å²) < 4.78 is 13.5. The Morgan fingerprint density at radius 1 is 1.07 bits per heavy atom. The summed E-state index contributed by atoms with van der Waals surface area (Å²) in [5.41, 5.74) is 1.23. The summed E-state index contributed by atoms with van der Waals surface area (Å²) in [6.07, 6.45) is 4.16. The van der Waals surface area contributed by atoms with Crippen molar-refractivity contribution >= 4 is 10.8 Å². The highest BCUT2D eigenvalue weighted by Crippen LogP contribution is 2.22. The smallest absolute Gasteiger partial charge is 0.131 e. The highest BCUT2D eigenvalue weighted by atomic mass is 19.1. The van der Waals surface area contributed by atoms with E-state index in [1.165, 1.54) is 5.56 Å². The third-order valence-corrected chi connectivity index (χ3v) is 2.66. The van der Waals surface area contributed by atoms with Gasteiger partial charge in [-0.3, -0.25) is 0 Å². The molecule has 77 valence electrons. The minimum Gasteiger partial charge on any atom is -0.206 e. The van der Waals surface area contributed by atoms with Gasteiger partial charge in [-0.15, -0.1) is 0 Å². The fraction of sp³-hybridized carbons (Fsp3) is 0.214. The maximum absolute atomic E-state index is 13.5. The predicted octanol–water partition coefficient (Wildman–Crippen LogP) is 4.14. The Labute approximate surface area is 89.7 Å². The molecule has 0 saturated heterocycles. The molecule has 0 bridgehead atoms. The number of halogens is 1. The molecule has 0 aromatic heterocycles. The quantitative estimate of drug-likeness (QED) is 0.700. The summed E-state index contributed by atoms with van der Waals surface area (Å²) in [6.45, 7) is 2.05. The van der Waals surface area contributed by atoms with Crippen LogP contribution in [-0.4, -0.2) is 0 Å². The molecule has 15 heavy (non-hydrogen) atoms. The molecule has 0 unspecified atom stereocenters. The fourth-order valence-corrected chi connectivity index (χ4v) is 1.84. The van der Waals surface area contributed by atoms with E-state index < -0.39 is 0 Å². The number of rotatable bonds is 3. The first-order valence-corrected chi connectivity index (χ1v) is 5.27. The maximum Gasteiger partial charge on any atom is 0.131 e. The standard InChI is InChI=1S/C14H14F/c1-2-3-6-11-9-10-14(15)13-8-5-4-7-12(11)13/h2,4-5,7-10H,3,6H2,1H3. The van der Waals surface area contributed by atoms with Gasteiger partial charge >= 0.3 is 0 Å². The van der Waals surface area contributed by atoms with Crippen LogP contribution in [0.25, 0.3) is 10.8 Å². The molecule has 0 amide bonds. The number of hydrogen-bond donors (Lipinski definition) is 0. The monoisotopic (exact) mass is 201 g/mol. The molecule has 2 aromatic rings. The average Bonchev–Trinajstić information content (AvgIpc) is 2.29. The van der Waals surface area contributed by atoms with Gasteiger partial charge in [0.05, 0.1) is 0 Å². The van der Waals surface area contributed by atoms with Gasteiger partial charge in [-0.1, -0.05) is 37.3 Å². The molecule has 0 fully saturated rings. The lowest BCUT2D eigenvalue weighted by molar-refractivity contribution is 0.639. The van der Waals surface area contributed by atoms with Gasteiger partial charge in [-0.2, -0.15) is 0 Å². The van der Waals surface area contributed by atoms with Gasteiger partial charge in [-0.25, -0.2) is 4.39 Å². The van der Waals surface area contributed by atoms with Crippen molar-refractivity contribution in [2.45, 2.75) is 19.8 Å². The first-order chi connectivity index (χ1) is 7.33. The van der Waals surface area contributed by atoms with Gasteiger partial charge in [0.25, 0.3) is 0 Å². The Kier molecular flexibility index (Phi) is 3.00. The molecule has 0 heterocycles. The molecule has 0 aliphatic heterocycles. The Bertz CT molecular complexity index is 460. The van der Waals surface area contributed by atoms with Crippen molar-refractivity contribution in [3.8, 4) is 0 Å². The molecule has 1 heteroatoms. The van der Waals surface area contributed by atoms with Crippen molar-refractivity contribution in [1.29, 1.82) is 0 Å². The van der Waals surface area contributed by atoms with Gasteiger partial charge in [-0.05, 0) is 36.3 Å². The number of benzene rings is 2. The van der Waals surface area contributed by atoms with Crippen molar-refractivity contribution in [1.82, 2.24) is 0 Å². The molecule has 0 nitrogen and oxygen atoms in total. The molecule has 0 N–H and O–H groups in total. The van der Waals surface area contributed by atoms with E-state index in [0.29, 0.717) is 0 Å². The lowest BCUT2D eigenvalue weighted by atomic mass is 10.00. The number of hydrogen-bond acceptors (Lipinski definition) is 0. The zero-order valence-electron chi connectivity index (χ0n) is 8.83. The highest BCUT2D eigenvalue weighted by Gasteiger charge is 2.04. The van der Waals surface area contributed by atoms with E-state index in [9.17, 15) is 4.39 Å². The van der Waals surface area contributed by atoms with Gasteiger partial charge in [0.1, 0.15) is 5.82 Å².